The van der Waals surface area contributed by atoms with Crippen molar-refractivity contribution in [2.24, 2.45) is 0 Å². The molecule has 3 saturated heterocycles. The topological polar surface area (TPSA) is 127 Å². The number of ether oxygens (including phenoxy) is 1. The molecular weight excluding hydrogens is 532 g/mol. The number of rotatable bonds is 8. The number of benzene rings is 1. The Morgan fingerprint density at radius 1 is 1.14 bits per heavy atom. The Hall–Kier alpha value is -4.08. The molecule has 0 bridgehead atoms. The van der Waals surface area contributed by atoms with Crippen LogP contribution in [0.25, 0.3) is 10.8 Å². The molecule has 1 N–H and O–H groups in total. The van der Waals surface area contributed by atoms with E-state index < -0.39 is 0 Å². The van der Waals surface area contributed by atoms with Crippen LogP contribution in [0.2, 0.25) is 0 Å². The van der Waals surface area contributed by atoms with Gasteiger partial charge in [-0.25, -0.2) is 5.32 Å². The van der Waals surface area contributed by atoms with E-state index in [-0.39, 0.29) is 18.6 Å². The third-order valence-electron chi connectivity index (χ3n) is 9.09. The number of pyridine rings is 1. The van der Waals surface area contributed by atoms with Gasteiger partial charge in [-0.1, -0.05) is 12.1 Å². The number of hydrazine groups is 1. The summed E-state index contributed by atoms with van der Waals surface area (Å²) in [6.07, 6.45) is 6.92. The van der Waals surface area contributed by atoms with Crippen molar-refractivity contribution in [3.63, 3.8) is 0 Å². The summed E-state index contributed by atoms with van der Waals surface area (Å²) >= 11 is 0. The fourth-order valence-corrected chi connectivity index (χ4v) is 6.61. The van der Waals surface area contributed by atoms with Crippen LogP contribution in [0.5, 0.6) is 6.01 Å². The molecule has 1 aromatic carbocycles. The second-order valence-corrected chi connectivity index (χ2v) is 11.7. The molecule has 0 radical (unpaired) electrons. The van der Waals surface area contributed by atoms with Crippen LogP contribution in [0.1, 0.15) is 30.5 Å². The molecule has 4 aliphatic heterocycles. The number of nitrogens with zero attached hydrogens (tertiary/aromatic N) is 9. The van der Waals surface area contributed by atoms with E-state index >= 15 is 0 Å². The van der Waals surface area contributed by atoms with Crippen LogP contribution in [0, 0.1) is 16.2 Å². The Kier molecular flexibility index (Phi) is 7.21. The Labute approximate surface area is 245 Å². The van der Waals surface area contributed by atoms with E-state index in [2.05, 4.69) is 56.3 Å². The molecule has 12 heteroatoms. The molecule has 218 valence electrons. The zero-order chi connectivity index (χ0) is 28.6. The van der Waals surface area contributed by atoms with Crippen LogP contribution in [0.4, 0.5) is 11.5 Å². The van der Waals surface area contributed by atoms with Crippen molar-refractivity contribution in [1.82, 2.24) is 30.2 Å². The van der Waals surface area contributed by atoms with Gasteiger partial charge in [0.25, 0.3) is 0 Å². The maximum atomic E-state index is 12.9. The van der Waals surface area contributed by atoms with Crippen LogP contribution in [0.3, 0.4) is 0 Å². The molecule has 42 heavy (non-hydrogen) atoms. The van der Waals surface area contributed by atoms with E-state index in [9.17, 15) is 10.2 Å². The number of aromatic nitrogens is 3. The molecule has 0 unspecified atom stereocenters. The fraction of sp³-hybridized carbons (Fsp3) is 0.533. The van der Waals surface area contributed by atoms with Gasteiger partial charge in [0.15, 0.2) is 0 Å². The molecule has 0 amide bonds. The summed E-state index contributed by atoms with van der Waals surface area (Å²) in [6, 6.07) is 11.2. The van der Waals surface area contributed by atoms with Gasteiger partial charge in [0.2, 0.25) is 0 Å². The van der Waals surface area contributed by atoms with Gasteiger partial charge < -0.3 is 19.4 Å². The van der Waals surface area contributed by atoms with Gasteiger partial charge in [-0.2, -0.15) is 15.2 Å². The molecule has 3 aromatic rings. The van der Waals surface area contributed by atoms with Crippen LogP contribution in [0.15, 0.2) is 36.7 Å². The average molecular weight is 570 g/mol. The molecule has 3 fully saturated rings. The fourth-order valence-electron chi connectivity index (χ4n) is 6.61. The van der Waals surface area contributed by atoms with Crippen molar-refractivity contribution < 1.29 is 9.61 Å². The summed E-state index contributed by atoms with van der Waals surface area (Å²) in [7, 11) is 2.14. The lowest BCUT2D eigenvalue weighted by atomic mass is 10.0. The maximum Gasteiger partial charge on any atom is 0.318 e. The van der Waals surface area contributed by atoms with Gasteiger partial charge in [0, 0.05) is 54.7 Å². The summed E-state index contributed by atoms with van der Waals surface area (Å²) < 4.78 is 6.29. The third kappa shape index (κ3) is 5.18. The van der Waals surface area contributed by atoms with Crippen molar-refractivity contribution in [1.29, 1.82) is 5.26 Å². The molecule has 7 rings (SSSR count). The van der Waals surface area contributed by atoms with Gasteiger partial charge in [-0.3, -0.25) is 4.98 Å². The van der Waals surface area contributed by atoms with Crippen LogP contribution in [-0.4, -0.2) is 101 Å². The van der Waals surface area contributed by atoms with Gasteiger partial charge in [-0.15, -0.1) is 5.01 Å². The number of likely N-dealkylation sites (N-methyl/N-ethyl adjacent to an activating group) is 1. The van der Waals surface area contributed by atoms with Gasteiger partial charge in [0.1, 0.15) is 23.3 Å². The Bertz CT molecular complexity index is 1520. The summed E-state index contributed by atoms with van der Waals surface area (Å²) in [6.45, 7) is 5.50. The number of anilines is 2. The summed E-state index contributed by atoms with van der Waals surface area (Å²) in [5, 5.41) is 16.8. The molecule has 6 heterocycles. The number of likely N-dealkylation sites (tertiary alicyclic amines) is 1. The minimum atomic E-state index is -0.214. The van der Waals surface area contributed by atoms with E-state index in [1.54, 1.807) is 0 Å². The highest BCUT2D eigenvalue weighted by Crippen LogP contribution is 2.35. The second kappa shape index (κ2) is 11.3. The largest absolute Gasteiger partial charge is 0.462 e. The minimum absolute atomic E-state index is 0.187. The highest BCUT2D eigenvalue weighted by Gasteiger charge is 2.46. The van der Waals surface area contributed by atoms with Crippen LogP contribution < -0.4 is 19.9 Å². The third-order valence-corrected chi connectivity index (χ3v) is 9.09. The highest BCUT2D eigenvalue weighted by atomic mass is 16.5. The lowest BCUT2D eigenvalue weighted by Crippen LogP contribution is -2.57. The number of nitrogens with one attached hydrogen (secondary N) is 1. The van der Waals surface area contributed by atoms with Gasteiger partial charge in [-0.05, 0) is 50.4 Å². The van der Waals surface area contributed by atoms with E-state index in [0.29, 0.717) is 51.4 Å². The van der Waals surface area contributed by atoms with Crippen molar-refractivity contribution >= 4 is 22.3 Å². The predicted octanol–water partition coefficient (Wildman–Crippen LogP) is 2.09. The zero-order valence-corrected chi connectivity index (χ0v) is 24.0. The minimum Gasteiger partial charge on any atom is -0.462 e. The zero-order valence-electron chi connectivity index (χ0n) is 24.0. The van der Waals surface area contributed by atoms with E-state index in [0.717, 1.165) is 64.3 Å². The standard InChI is InChI=1S/C30H37N10O2/c1-36-12-3-5-23(36)20-42-30-34-26-19-37(27-6-2-4-21-8-11-32-16-25(21)27)13-9-24(26)29(35-30)38-14-15-39(22(18-38)7-10-31)40(41)28-17-33-28/h2,4,6,8,11,16,22-23,28,33H,3,5,7,9,12-15,17-20H2,1H3/q+1/t22-,23-,28-/m0/s1. The molecule has 0 spiro atoms. The van der Waals surface area contributed by atoms with Crippen molar-refractivity contribution in [2.75, 3.05) is 62.7 Å². The van der Waals surface area contributed by atoms with E-state index in [1.807, 2.05) is 23.5 Å². The summed E-state index contributed by atoms with van der Waals surface area (Å²) in [4.78, 5) is 35.2. The number of hydrogen-bond donors (Lipinski definition) is 1. The number of hydrogen-bond acceptors (Lipinski definition) is 10. The van der Waals surface area contributed by atoms with Gasteiger partial charge >= 0.3 is 12.2 Å². The number of fused-ring (bicyclic) bond motifs is 2. The molecule has 2 aromatic heterocycles. The maximum absolute atomic E-state index is 12.9. The van der Waals surface area contributed by atoms with E-state index in [1.165, 1.54) is 6.42 Å². The Balaban J connectivity index is 1.20. The predicted molar refractivity (Wildman–Crippen MR) is 158 cm³/mol. The van der Waals surface area contributed by atoms with Crippen LogP contribution in [-0.2, 0) is 13.0 Å². The van der Waals surface area contributed by atoms with Crippen molar-refractivity contribution in [3.05, 3.63) is 52.8 Å². The van der Waals surface area contributed by atoms with Crippen molar-refractivity contribution in [2.45, 2.75) is 50.5 Å². The monoisotopic (exact) mass is 569 g/mol. The average Bonchev–Trinajstić information content (AvgIpc) is 3.80. The first-order chi connectivity index (χ1) is 20.6. The molecule has 4 aliphatic rings. The summed E-state index contributed by atoms with van der Waals surface area (Å²) in [5.74, 6) is 0.874. The normalized spacial score (nSPS) is 24.0. The first-order valence-corrected chi connectivity index (χ1v) is 15.0. The van der Waals surface area contributed by atoms with Gasteiger partial charge in [0.05, 0.1) is 42.7 Å². The summed E-state index contributed by atoms with van der Waals surface area (Å²) in [5.41, 5.74) is 3.24. The first-order valence-electron chi connectivity index (χ1n) is 15.0. The quantitative estimate of drug-likeness (QED) is 0.316. The first kappa shape index (κ1) is 26.8. The molecule has 3 atom stereocenters. The van der Waals surface area contributed by atoms with Crippen LogP contribution >= 0.6 is 0 Å². The molecular formula is C30H37N10O2+. The molecule has 12 nitrogen and oxygen atoms in total. The number of piperazine rings is 1. The number of nitroso groups, excluding NO2 is 1. The number of nitriles is 1. The Morgan fingerprint density at radius 3 is 2.86 bits per heavy atom. The van der Waals surface area contributed by atoms with E-state index in [4.69, 9.17) is 14.7 Å². The SMILES string of the molecule is CN1CCC[C@H]1COc1nc2c(c(N3CCN([N+](=O)[C@H]4CN4)[C@@H](CC#N)C3)n1)CCN(c1cccc3ccncc13)C2. The van der Waals surface area contributed by atoms with Crippen molar-refractivity contribution in [3.8, 4) is 12.1 Å². The Morgan fingerprint density at radius 2 is 2.05 bits per heavy atom. The molecule has 0 saturated carbocycles. The smallest absolute Gasteiger partial charge is 0.318 e. The second-order valence-electron chi connectivity index (χ2n) is 11.7. The lowest BCUT2D eigenvalue weighted by Gasteiger charge is -2.39. The highest BCUT2D eigenvalue weighted by molar-refractivity contribution is 5.93. The molecule has 0 aliphatic carbocycles. The lowest BCUT2D eigenvalue weighted by molar-refractivity contribution is -0.727.